The van der Waals surface area contributed by atoms with Gasteiger partial charge < -0.3 is 10.6 Å². The fourth-order valence-corrected chi connectivity index (χ4v) is 1.98. The zero-order valence-corrected chi connectivity index (χ0v) is 11.7. The average Bonchev–Trinajstić information content (AvgIpc) is 2.82. The molecule has 8 heteroatoms. The summed E-state index contributed by atoms with van der Waals surface area (Å²) in [5.74, 6) is 0.366. The third kappa shape index (κ3) is 5.46. The summed E-state index contributed by atoms with van der Waals surface area (Å²) in [7, 11) is 0. The van der Waals surface area contributed by atoms with Crippen LogP contribution in [0.3, 0.4) is 0 Å². The van der Waals surface area contributed by atoms with Crippen LogP contribution in [0.25, 0.3) is 0 Å². The van der Waals surface area contributed by atoms with Crippen LogP contribution >= 0.6 is 11.8 Å². The summed E-state index contributed by atoms with van der Waals surface area (Å²) < 4.78 is 1.71. The lowest BCUT2D eigenvalue weighted by Crippen LogP contribution is -2.26. The minimum Gasteiger partial charge on any atom is -0.355 e. The quantitative estimate of drug-likeness (QED) is 0.482. The molecule has 0 atom stereocenters. The molecule has 0 bridgehead atoms. The Morgan fingerprint density at radius 1 is 1.39 bits per heavy atom. The molecule has 0 radical (unpaired) electrons. The first-order valence-corrected chi connectivity index (χ1v) is 7.12. The molecule has 0 aliphatic carbocycles. The fourth-order valence-electron chi connectivity index (χ4n) is 1.25. The molecule has 0 saturated heterocycles. The maximum absolute atomic E-state index is 11.4. The summed E-state index contributed by atoms with van der Waals surface area (Å²) in [6, 6.07) is 0. The zero-order valence-electron chi connectivity index (χ0n) is 10.8. The van der Waals surface area contributed by atoms with E-state index in [9.17, 15) is 4.79 Å². The number of likely N-dealkylation sites (N-methyl/N-ethyl adjacent to an activating group) is 1. The Kier molecular flexibility index (Phi) is 7.35. The molecular weight excluding hydrogens is 252 g/mol. The normalized spacial score (nSPS) is 10.6. The first-order chi connectivity index (χ1) is 8.77. The maximum atomic E-state index is 11.4. The first kappa shape index (κ1) is 14.9. The van der Waals surface area contributed by atoms with Crippen molar-refractivity contribution in [2.75, 3.05) is 25.4 Å². The Balaban J connectivity index is 2.33. The van der Waals surface area contributed by atoms with Crippen molar-refractivity contribution in [1.82, 2.24) is 30.8 Å². The highest BCUT2D eigenvalue weighted by Crippen LogP contribution is 2.12. The van der Waals surface area contributed by atoms with Gasteiger partial charge in [0.05, 0.1) is 12.3 Å². The van der Waals surface area contributed by atoms with Crippen molar-refractivity contribution in [3.8, 4) is 0 Å². The second-order valence-electron chi connectivity index (χ2n) is 3.68. The van der Waals surface area contributed by atoms with Crippen LogP contribution in [0.5, 0.6) is 0 Å². The van der Waals surface area contributed by atoms with Gasteiger partial charge in [-0.3, -0.25) is 4.79 Å². The summed E-state index contributed by atoms with van der Waals surface area (Å²) in [6.07, 6.45) is 0.941. The van der Waals surface area contributed by atoms with Crippen molar-refractivity contribution >= 4 is 17.7 Å². The van der Waals surface area contributed by atoms with Gasteiger partial charge in [-0.2, -0.15) is 0 Å². The highest BCUT2D eigenvalue weighted by Gasteiger charge is 2.09. The molecule has 0 fully saturated rings. The van der Waals surface area contributed by atoms with Gasteiger partial charge in [0.25, 0.3) is 0 Å². The fraction of sp³-hybridized carbons (Fsp3) is 0.800. The van der Waals surface area contributed by atoms with Crippen LogP contribution in [0.4, 0.5) is 0 Å². The second kappa shape index (κ2) is 8.87. The Labute approximate surface area is 111 Å². The summed E-state index contributed by atoms with van der Waals surface area (Å²) >= 11 is 1.36. The van der Waals surface area contributed by atoms with Crippen LogP contribution in [-0.4, -0.2) is 51.5 Å². The number of amides is 1. The number of thioether (sulfide) groups is 1. The number of aromatic nitrogens is 4. The molecule has 0 aliphatic heterocycles. The minimum atomic E-state index is 0.0167. The molecule has 1 aromatic heterocycles. The SMILES string of the molecule is CCCNC(=O)CSc1nnnn1CCNCC. The van der Waals surface area contributed by atoms with E-state index in [-0.39, 0.29) is 5.91 Å². The monoisotopic (exact) mass is 272 g/mol. The molecule has 2 N–H and O–H groups in total. The molecule has 7 nitrogen and oxygen atoms in total. The Morgan fingerprint density at radius 2 is 2.22 bits per heavy atom. The Bertz CT molecular complexity index is 356. The smallest absolute Gasteiger partial charge is 0.230 e. The number of nitrogens with zero attached hydrogens (tertiary/aromatic N) is 4. The molecule has 1 rings (SSSR count). The maximum Gasteiger partial charge on any atom is 0.230 e. The number of hydrogen-bond donors (Lipinski definition) is 2. The summed E-state index contributed by atoms with van der Waals surface area (Å²) in [4.78, 5) is 11.4. The van der Waals surface area contributed by atoms with Crippen molar-refractivity contribution in [3.63, 3.8) is 0 Å². The molecule has 0 spiro atoms. The van der Waals surface area contributed by atoms with Gasteiger partial charge >= 0.3 is 0 Å². The van der Waals surface area contributed by atoms with Gasteiger partial charge in [-0.15, -0.1) is 5.10 Å². The molecule has 1 aromatic rings. The van der Waals surface area contributed by atoms with E-state index in [2.05, 4.69) is 26.2 Å². The molecule has 0 saturated carbocycles. The van der Waals surface area contributed by atoms with Gasteiger partial charge in [-0.25, -0.2) is 4.68 Å². The predicted octanol–water partition coefficient (Wildman–Crippen LogP) is -0.0991. The second-order valence-corrected chi connectivity index (χ2v) is 4.62. The standard InChI is InChI=1S/C10H20N6OS/c1-3-5-12-9(17)8-18-10-13-14-15-16(10)7-6-11-4-2/h11H,3-8H2,1-2H3,(H,12,17). The number of carbonyl (C=O) groups is 1. The van der Waals surface area contributed by atoms with Gasteiger partial charge in [-0.05, 0) is 23.4 Å². The molecule has 18 heavy (non-hydrogen) atoms. The highest BCUT2D eigenvalue weighted by atomic mass is 32.2. The van der Waals surface area contributed by atoms with E-state index in [4.69, 9.17) is 0 Å². The Hall–Kier alpha value is -1.15. The van der Waals surface area contributed by atoms with E-state index in [1.54, 1.807) is 4.68 Å². The van der Waals surface area contributed by atoms with Gasteiger partial charge in [0.1, 0.15) is 0 Å². The number of carbonyl (C=O) groups excluding carboxylic acids is 1. The average molecular weight is 272 g/mol. The van der Waals surface area contributed by atoms with Gasteiger partial charge in [0.2, 0.25) is 11.1 Å². The molecule has 0 unspecified atom stereocenters. The number of nitrogens with one attached hydrogen (secondary N) is 2. The van der Waals surface area contributed by atoms with Gasteiger partial charge in [-0.1, -0.05) is 25.6 Å². The number of tetrazole rings is 1. The van der Waals surface area contributed by atoms with E-state index in [1.165, 1.54) is 11.8 Å². The van der Waals surface area contributed by atoms with Crippen molar-refractivity contribution in [2.24, 2.45) is 0 Å². The van der Waals surface area contributed by atoms with Crippen LogP contribution in [0.15, 0.2) is 5.16 Å². The third-order valence-corrected chi connectivity index (χ3v) is 3.11. The lowest BCUT2D eigenvalue weighted by Gasteiger charge is -2.05. The van der Waals surface area contributed by atoms with E-state index in [1.807, 2.05) is 13.8 Å². The first-order valence-electron chi connectivity index (χ1n) is 6.14. The van der Waals surface area contributed by atoms with E-state index in [0.29, 0.717) is 24.0 Å². The molecule has 0 aliphatic rings. The van der Waals surface area contributed by atoms with Crippen LogP contribution in [0, 0.1) is 0 Å². The Morgan fingerprint density at radius 3 is 2.94 bits per heavy atom. The summed E-state index contributed by atoms with van der Waals surface area (Å²) in [5, 5.41) is 18.1. The summed E-state index contributed by atoms with van der Waals surface area (Å²) in [5.41, 5.74) is 0. The van der Waals surface area contributed by atoms with E-state index in [0.717, 1.165) is 19.5 Å². The van der Waals surface area contributed by atoms with Crippen LogP contribution in [0.1, 0.15) is 20.3 Å². The summed E-state index contributed by atoms with van der Waals surface area (Å²) in [6.45, 7) is 7.23. The number of rotatable bonds is 9. The van der Waals surface area contributed by atoms with Crippen LogP contribution in [0.2, 0.25) is 0 Å². The molecule has 0 aromatic carbocycles. The molecule has 1 heterocycles. The van der Waals surface area contributed by atoms with Crippen molar-refractivity contribution in [1.29, 1.82) is 0 Å². The molecular formula is C10H20N6OS. The minimum absolute atomic E-state index is 0.0167. The topological polar surface area (TPSA) is 84.7 Å². The van der Waals surface area contributed by atoms with Gasteiger partial charge in [0, 0.05) is 13.1 Å². The lowest BCUT2D eigenvalue weighted by molar-refractivity contribution is -0.118. The molecule has 1 amide bonds. The van der Waals surface area contributed by atoms with E-state index < -0.39 is 0 Å². The van der Waals surface area contributed by atoms with Crippen LogP contribution in [-0.2, 0) is 11.3 Å². The molecule has 102 valence electrons. The van der Waals surface area contributed by atoms with Crippen molar-refractivity contribution in [3.05, 3.63) is 0 Å². The predicted molar refractivity (Wildman–Crippen MR) is 70.4 cm³/mol. The number of hydrogen-bond acceptors (Lipinski definition) is 6. The third-order valence-electron chi connectivity index (χ3n) is 2.15. The largest absolute Gasteiger partial charge is 0.355 e. The van der Waals surface area contributed by atoms with Crippen LogP contribution < -0.4 is 10.6 Å². The highest BCUT2D eigenvalue weighted by molar-refractivity contribution is 7.99. The van der Waals surface area contributed by atoms with E-state index >= 15 is 0 Å². The lowest BCUT2D eigenvalue weighted by atomic mass is 10.5. The van der Waals surface area contributed by atoms with Gasteiger partial charge in [0.15, 0.2) is 0 Å². The van der Waals surface area contributed by atoms with Crippen molar-refractivity contribution < 1.29 is 4.79 Å². The zero-order chi connectivity index (χ0) is 13.2. The van der Waals surface area contributed by atoms with Crippen molar-refractivity contribution in [2.45, 2.75) is 32.0 Å².